The summed E-state index contributed by atoms with van der Waals surface area (Å²) in [5.74, 6) is 0.950. The SMILES string of the molecule is CCC1CCC(Oc2cc(C=O)ccc2[N+](=O)[O-])CC1. The van der Waals surface area contributed by atoms with Crippen LogP contribution in [0.5, 0.6) is 5.75 Å². The Morgan fingerprint density at radius 3 is 2.60 bits per heavy atom. The minimum atomic E-state index is -0.471. The van der Waals surface area contributed by atoms with E-state index in [9.17, 15) is 14.9 Å². The third kappa shape index (κ3) is 3.35. The molecule has 1 aliphatic rings. The number of rotatable bonds is 5. The van der Waals surface area contributed by atoms with Crippen LogP contribution < -0.4 is 4.74 Å². The predicted molar refractivity (Wildman–Crippen MR) is 75.1 cm³/mol. The first-order chi connectivity index (χ1) is 9.63. The second-order valence-corrected chi connectivity index (χ2v) is 5.27. The molecule has 108 valence electrons. The number of carbonyl (C=O) groups excluding carboxylic acids is 1. The number of nitrogens with zero attached hydrogens (tertiary/aromatic N) is 1. The summed E-state index contributed by atoms with van der Waals surface area (Å²) in [6.07, 6.45) is 5.89. The normalized spacial score (nSPS) is 22.2. The van der Waals surface area contributed by atoms with E-state index in [4.69, 9.17) is 4.74 Å². The van der Waals surface area contributed by atoms with Gasteiger partial charge in [-0.3, -0.25) is 14.9 Å². The molecule has 1 aromatic rings. The van der Waals surface area contributed by atoms with Gasteiger partial charge in [0.15, 0.2) is 5.75 Å². The fourth-order valence-electron chi connectivity index (χ4n) is 2.69. The van der Waals surface area contributed by atoms with Crippen molar-refractivity contribution in [1.82, 2.24) is 0 Å². The zero-order valence-electron chi connectivity index (χ0n) is 11.6. The van der Waals surface area contributed by atoms with Gasteiger partial charge in [-0.15, -0.1) is 0 Å². The molecule has 0 spiro atoms. The van der Waals surface area contributed by atoms with E-state index in [2.05, 4.69) is 6.92 Å². The molecule has 0 atom stereocenters. The van der Waals surface area contributed by atoms with Crippen LogP contribution in [0.4, 0.5) is 5.69 Å². The molecule has 0 aromatic heterocycles. The predicted octanol–water partition coefficient (Wildman–Crippen LogP) is 3.75. The Labute approximate surface area is 118 Å². The fraction of sp³-hybridized carbons (Fsp3) is 0.533. The molecule has 0 heterocycles. The minimum absolute atomic E-state index is 0.0124. The number of nitro benzene ring substituents is 1. The van der Waals surface area contributed by atoms with E-state index >= 15 is 0 Å². The summed E-state index contributed by atoms with van der Waals surface area (Å²) in [4.78, 5) is 21.3. The van der Waals surface area contributed by atoms with Gasteiger partial charge in [0, 0.05) is 11.6 Å². The number of nitro groups is 1. The highest BCUT2D eigenvalue weighted by molar-refractivity contribution is 5.76. The van der Waals surface area contributed by atoms with Crippen LogP contribution in [0.3, 0.4) is 0 Å². The van der Waals surface area contributed by atoms with Gasteiger partial charge in [0.25, 0.3) is 0 Å². The van der Waals surface area contributed by atoms with Gasteiger partial charge < -0.3 is 4.74 Å². The van der Waals surface area contributed by atoms with Crippen molar-refractivity contribution in [1.29, 1.82) is 0 Å². The first-order valence-electron chi connectivity index (χ1n) is 7.04. The van der Waals surface area contributed by atoms with Gasteiger partial charge in [0.2, 0.25) is 0 Å². The fourth-order valence-corrected chi connectivity index (χ4v) is 2.69. The lowest BCUT2D eigenvalue weighted by molar-refractivity contribution is -0.386. The van der Waals surface area contributed by atoms with Crippen molar-refractivity contribution >= 4 is 12.0 Å². The van der Waals surface area contributed by atoms with Gasteiger partial charge >= 0.3 is 5.69 Å². The Bertz CT molecular complexity index is 493. The Balaban J connectivity index is 2.11. The van der Waals surface area contributed by atoms with Crippen LogP contribution in [0.1, 0.15) is 49.4 Å². The third-order valence-corrected chi connectivity index (χ3v) is 3.98. The van der Waals surface area contributed by atoms with Crippen molar-refractivity contribution in [2.24, 2.45) is 5.92 Å². The summed E-state index contributed by atoms with van der Waals surface area (Å²) in [6.45, 7) is 2.18. The molecule has 0 aliphatic heterocycles. The maximum Gasteiger partial charge on any atom is 0.310 e. The lowest BCUT2D eigenvalue weighted by Gasteiger charge is -2.28. The lowest BCUT2D eigenvalue weighted by atomic mass is 9.86. The molecule has 20 heavy (non-hydrogen) atoms. The summed E-state index contributed by atoms with van der Waals surface area (Å²) in [6, 6.07) is 4.22. The molecule has 1 fully saturated rings. The highest BCUT2D eigenvalue weighted by Crippen LogP contribution is 2.33. The molecule has 2 rings (SSSR count). The lowest BCUT2D eigenvalue weighted by Crippen LogP contribution is -2.24. The maximum atomic E-state index is 11.0. The van der Waals surface area contributed by atoms with Crippen LogP contribution >= 0.6 is 0 Å². The van der Waals surface area contributed by atoms with E-state index in [-0.39, 0.29) is 17.5 Å². The first-order valence-corrected chi connectivity index (χ1v) is 7.04. The van der Waals surface area contributed by atoms with E-state index < -0.39 is 4.92 Å². The standard InChI is InChI=1S/C15H19NO4/c1-2-11-3-6-13(7-4-11)20-15-9-12(10-17)5-8-14(15)16(18)19/h5,8-11,13H,2-4,6-7H2,1H3. The molecule has 0 bridgehead atoms. The molecule has 1 saturated carbocycles. The van der Waals surface area contributed by atoms with Gasteiger partial charge in [0.05, 0.1) is 11.0 Å². The van der Waals surface area contributed by atoms with Crippen molar-refractivity contribution in [3.05, 3.63) is 33.9 Å². The monoisotopic (exact) mass is 277 g/mol. The second kappa shape index (κ2) is 6.50. The quantitative estimate of drug-likeness (QED) is 0.467. The molecular weight excluding hydrogens is 258 g/mol. The number of ether oxygens (including phenoxy) is 1. The van der Waals surface area contributed by atoms with Crippen LogP contribution in [-0.2, 0) is 0 Å². The molecule has 0 radical (unpaired) electrons. The van der Waals surface area contributed by atoms with E-state index in [0.717, 1.165) is 31.6 Å². The van der Waals surface area contributed by atoms with Gasteiger partial charge in [0.1, 0.15) is 6.29 Å². The molecule has 5 nitrogen and oxygen atoms in total. The molecule has 0 unspecified atom stereocenters. The van der Waals surface area contributed by atoms with E-state index in [1.54, 1.807) is 0 Å². The zero-order valence-corrected chi connectivity index (χ0v) is 11.6. The molecule has 0 amide bonds. The molecule has 0 N–H and O–H groups in total. The van der Waals surface area contributed by atoms with E-state index in [0.29, 0.717) is 11.8 Å². The Kier molecular flexibility index (Phi) is 4.71. The van der Waals surface area contributed by atoms with Gasteiger partial charge in [-0.25, -0.2) is 0 Å². The number of carbonyl (C=O) groups is 1. The van der Waals surface area contributed by atoms with Crippen LogP contribution in [-0.4, -0.2) is 17.3 Å². The highest BCUT2D eigenvalue weighted by atomic mass is 16.6. The molecule has 1 aromatic carbocycles. The average molecular weight is 277 g/mol. The minimum Gasteiger partial charge on any atom is -0.483 e. The molecule has 5 heteroatoms. The Hall–Kier alpha value is -1.91. The van der Waals surface area contributed by atoms with Crippen LogP contribution in [0.15, 0.2) is 18.2 Å². The number of hydrogen-bond donors (Lipinski definition) is 0. The average Bonchev–Trinajstić information content (AvgIpc) is 2.47. The summed E-state index contributed by atoms with van der Waals surface area (Å²) >= 11 is 0. The van der Waals surface area contributed by atoms with E-state index in [1.807, 2.05) is 0 Å². The van der Waals surface area contributed by atoms with Crippen molar-refractivity contribution in [3.63, 3.8) is 0 Å². The number of aldehydes is 1. The van der Waals surface area contributed by atoms with Crippen molar-refractivity contribution in [2.75, 3.05) is 0 Å². The smallest absolute Gasteiger partial charge is 0.310 e. The van der Waals surface area contributed by atoms with Crippen molar-refractivity contribution < 1.29 is 14.5 Å². The van der Waals surface area contributed by atoms with Gasteiger partial charge in [-0.2, -0.15) is 0 Å². The van der Waals surface area contributed by atoms with Crippen molar-refractivity contribution in [2.45, 2.75) is 45.1 Å². The van der Waals surface area contributed by atoms with Crippen molar-refractivity contribution in [3.8, 4) is 5.75 Å². The Morgan fingerprint density at radius 2 is 2.05 bits per heavy atom. The number of benzene rings is 1. The van der Waals surface area contributed by atoms with Crippen LogP contribution in [0, 0.1) is 16.0 Å². The summed E-state index contributed by atoms with van der Waals surface area (Å²) in [5, 5.41) is 11.0. The molecule has 1 aliphatic carbocycles. The third-order valence-electron chi connectivity index (χ3n) is 3.98. The summed E-state index contributed by atoms with van der Waals surface area (Å²) < 4.78 is 5.78. The largest absolute Gasteiger partial charge is 0.483 e. The van der Waals surface area contributed by atoms with Crippen LogP contribution in [0.25, 0.3) is 0 Å². The topological polar surface area (TPSA) is 69.4 Å². The Morgan fingerprint density at radius 1 is 1.35 bits per heavy atom. The maximum absolute atomic E-state index is 11.0. The zero-order chi connectivity index (χ0) is 14.5. The summed E-state index contributed by atoms with van der Waals surface area (Å²) in [5.41, 5.74) is 0.320. The highest BCUT2D eigenvalue weighted by Gasteiger charge is 2.24. The molecule has 0 saturated heterocycles. The van der Waals surface area contributed by atoms with Crippen LogP contribution in [0.2, 0.25) is 0 Å². The van der Waals surface area contributed by atoms with Gasteiger partial charge in [-0.1, -0.05) is 13.3 Å². The second-order valence-electron chi connectivity index (χ2n) is 5.27. The molecular formula is C15H19NO4. The summed E-state index contributed by atoms with van der Waals surface area (Å²) in [7, 11) is 0. The number of hydrogen-bond acceptors (Lipinski definition) is 4. The van der Waals surface area contributed by atoms with E-state index in [1.165, 1.54) is 24.6 Å². The van der Waals surface area contributed by atoms with Gasteiger partial charge in [-0.05, 0) is 43.7 Å². The first kappa shape index (κ1) is 14.5.